The number of carbonyl (C=O) groups is 4. The molecule has 1 unspecified atom stereocenters. The molecule has 31 heavy (non-hydrogen) atoms. The number of carboxylic acid groups (broad SMARTS) is 1. The van der Waals surface area contributed by atoms with Crippen LogP contribution in [0.4, 0.5) is 9.59 Å². The molecular weight excluding hydrogens is 406 g/mol. The highest BCUT2D eigenvalue weighted by molar-refractivity contribution is 5.87. The third kappa shape index (κ3) is 12.8. The maximum atomic E-state index is 12.2. The molecule has 1 atom stereocenters. The molecule has 0 heterocycles. The number of carbonyl (C=O) groups excluding carboxylic acids is 3. The predicted octanol–water partition coefficient (Wildman–Crippen LogP) is 2.18. The number of alkyl carbamates (subject to hydrolysis) is 2. The summed E-state index contributed by atoms with van der Waals surface area (Å²) in [6.45, 7) is 5.00. The van der Waals surface area contributed by atoms with Gasteiger partial charge in [-0.15, -0.1) is 0 Å². The van der Waals surface area contributed by atoms with E-state index >= 15 is 0 Å². The third-order valence-electron chi connectivity index (χ3n) is 3.82. The van der Waals surface area contributed by atoms with Gasteiger partial charge < -0.3 is 30.5 Å². The fourth-order valence-corrected chi connectivity index (χ4v) is 2.44. The number of unbranched alkanes of at least 4 members (excludes halogenated alkanes) is 1. The first kappa shape index (κ1) is 25.7. The zero-order chi connectivity index (χ0) is 23.3. The molecule has 0 saturated heterocycles. The van der Waals surface area contributed by atoms with Crippen molar-refractivity contribution in [3.05, 3.63) is 35.9 Å². The molecule has 3 amide bonds. The Hall–Kier alpha value is -3.30. The van der Waals surface area contributed by atoms with E-state index in [1.54, 1.807) is 20.8 Å². The second kappa shape index (κ2) is 13.1. The zero-order valence-corrected chi connectivity index (χ0v) is 18.1. The lowest BCUT2D eigenvalue weighted by Crippen LogP contribution is -2.49. The summed E-state index contributed by atoms with van der Waals surface area (Å²) in [4.78, 5) is 46.6. The van der Waals surface area contributed by atoms with Crippen LogP contribution in [0.2, 0.25) is 0 Å². The van der Waals surface area contributed by atoms with Gasteiger partial charge in [0, 0.05) is 6.54 Å². The van der Waals surface area contributed by atoms with Crippen molar-refractivity contribution in [2.24, 2.45) is 0 Å². The van der Waals surface area contributed by atoms with Gasteiger partial charge in [0.1, 0.15) is 24.8 Å². The molecule has 4 N–H and O–H groups in total. The smallest absolute Gasteiger partial charge is 0.408 e. The normalized spacial score (nSPS) is 11.7. The lowest BCUT2D eigenvalue weighted by molar-refractivity contribution is -0.138. The molecular formula is C21H31N3O7. The van der Waals surface area contributed by atoms with Crippen LogP contribution >= 0.6 is 0 Å². The van der Waals surface area contributed by atoms with Crippen molar-refractivity contribution in [3.63, 3.8) is 0 Å². The maximum Gasteiger partial charge on any atom is 0.408 e. The number of hydrogen-bond acceptors (Lipinski definition) is 6. The largest absolute Gasteiger partial charge is 0.480 e. The second-order valence-electron chi connectivity index (χ2n) is 7.79. The monoisotopic (exact) mass is 437 g/mol. The second-order valence-corrected chi connectivity index (χ2v) is 7.79. The molecule has 1 rings (SSSR count). The molecule has 0 fully saturated rings. The van der Waals surface area contributed by atoms with E-state index in [1.807, 2.05) is 30.3 Å². The van der Waals surface area contributed by atoms with Crippen molar-refractivity contribution in [1.29, 1.82) is 0 Å². The highest BCUT2D eigenvalue weighted by atomic mass is 16.6. The fraction of sp³-hybridized carbons (Fsp3) is 0.524. The first-order valence-corrected chi connectivity index (χ1v) is 10.0. The van der Waals surface area contributed by atoms with Gasteiger partial charge in [-0.2, -0.15) is 0 Å². The van der Waals surface area contributed by atoms with Crippen molar-refractivity contribution >= 4 is 24.1 Å². The molecule has 0 aromatic heterocycles. The molecule has 0 bridgehead atoms. The lowest BCUT2D eigenvalue weighted by Gasteiger charge is -2.23. The van der Waals surface area contributed by atoms with Gasteiger partial charge in [-0.3, -0.25) is 9.59 Å². The summed E-state index contributed by atoms with van der Waals surface area (Å²) >= 11 is 0. The molecule has 172 valence electrons. The summed E-state index contributed by atoms with van der Waals surface area (Å²) in [5.41, 5.74) is 0.136. The average Bonchev–Trinajstić information content (AvgIpc) is 2.68. The number of benzene rings is 1. The first-order chi connectivity index (χ1) is 14.6. The Morgan fingerprint density at radius 2 is 1.68 bits per heavy atom. The minimum Gasteiger partial charge on any atom is -0.480 e. The van der Waals surface area contributed by atoms with E-state index in [1.165, 1.54) is 0 Å². The molecule has 0 radical (unpaired) electrons. The Balaban J connectivity index is 2.39. The van der Waals surface area contributed by atoms with Gasteiger partial charge in [0.15, 0.2) is 0 Å². The summed E-state index contributed by atoms with van der Waals surface area (Å²) in [6.07, 6.45) is -0.0677. The number of carboxylic acids is 1. The Morgan fingerprint density at radius 1 is 1.00 bits per heavy atom. The van der Waals surface area contributed by atoms with Crippen LogP contribution in [0, 0.1) is 0 Å². The van der Waals surface area contributed by atoms with E-state index in [0.717, 1.165) is 5.56 Å². The summed E-state index contributed by atoms with van der Waals surface area (Å²) in [6, 6.07) is 8.31. The fourth-order valence-electron chi connectivity index (χ4n) is 2.44. The Bertz CT molecular complexity index is 732. The zero-order valence-electron chi connectivity index (χ0n) is 18.1. The van der Waals surface area contributed by atoms with Crippen LogP contribution in [0.3, 0.4) is 0 Å². The van der Waals surface area contributed by atoms with Crippen molar-refractivity contribution in [3.8, 4) is 0 Å². The minimum absolute atomic E-state index is 0.165. The Kier molecular flexibility index (Phi) is 10.9. The van der Waals surface area contributed by atoms with Crippen LogP contribution in [-0.2, 0) is 25.7 Å². The highest BCUT2D eigenvalue weighted by Crippen LogP contribution is 2.08. The molecule has 0 saturated carbocycles. The SMILES string of the molecule is CC(C)(C)OC(=O)NC(CCCCNC(=O)OCc1ccccc1)C(=O)NCC(=O)O. The van der Waals surface area contributed by atoms with E-state index in [-0.39, 0.29) is 13.0 Å². The van der Waals surface area contributed by atoms with Gasteiger partial charge in [0.25, 0.3) is 0 Å². The molecule has 0 aliphatic rings. The predicted molar refractivity (Wildman–Crippen MR) is 112 cm³/mol. The van der Waals surface area contributed by atoms with Crippen LogP contribution in [-0.4, -0.2) is 53.9 Å². The van der Waals surface area contributed by atoms with E-state index in [2.05, 4.69) is 16.0 Å². The van der Waals surface area contributed by atoms with Crippen LogP contribution in [0.15, 0.2) is 30.3 Å². The van der Waals surface area contributed by atoms with Crippen LogP contribution < -0.4 is 16.0 Å². The average molecular weight is 437 g/mol. The van der Waals surface area contributed by atoms with Gasteiger partial charge in [-0.1, -0.05) is 30.3 Å². The summed E-state index contributed by atoms with van der Waals surface area (Å²) in [5.74, 6) is -1.81. The topological polar surface area (TPSA) is 143 Å². The number of hydrogen-bond donors (Lipinski definition) is 4. The van der Waals surface area contributed by atoms with Crippen LogP contribution in [0.25, 0.3) is 0 Å². The van der Waals surface area contributed by atoms with Gasteiger partial charge in [-0.25, -0.2) is 9.59 Å². The van der Waals surface area contributed by atoms with Crippen molar-refractivity contribution in [2.45, 2.75) is 58.3 Å². The van der Waals surface area contributed by atoms with Gasteiger partial charge in [0.2, 0.25) is 5.91 Å². The Labute approximate surface area is 181 Å². The highest BCUT2D eigenvalue weighted by Gasteiger charge is 2.24. The molecule has 0 spiro atoms. The molecule has 0 aliphatic heterocycles. The maximum absolute atomic E-state index is 12.2. The van der Waals surface area contributed by atoms with Gasteiger partial charge in [-0.05, 0) is 45.6 Å². The van der Waals surface area contributed by atoms with E-state index < -0.39 is 42.3 Å². The molecule has 10 nitrogen and oxygen atoms in total. The number of ether oxygens (including phenoxy) is 2. The molecule has 0 aliphatic carbocycles. The molecule has 10 heteroatoms. The summed E-state index contributed by atoms with van der Waals surface area (Å²) in [7, 11) is 0. The molecule has 1 aromatic rings. The van der Waals surface area contributed by atoms with Gasteiger partial charge in [0.05, 0.1) is 0 Å². The van der Waals surface area contributed by atoms with E-state index in [4.69, 9.17) is 14.6 Å². The summed E-state index contributed by atoms with van der Waals surface area (Å²) in [5, 5.41) is 16.0. The van der Waals surface area contributed by atoms with Crippen molar-refractivity contribution in [2.75, 3.05) is 13.1 Å². The van der Waals surface area contributed by atoms with E-state index in [9.17, 15) is 19.2 Å². The number of rotatable bonds is 11. The number of nitrogens with one attached hydrogen (secondary N) is 3. The standard InChI is InChI=1S/C21H31N3O7/c1-21(2,3)31-20(29)24-16(18(27)23-13-17(25)26)11-7-8-12-22-19(28)30-14-15-9-5-4-6-10-15/h4-6,9-10,16H,7-8,11-14H2,1-3H3,(H,22,28)(H,23,27)(H,24,29)(H,25,26). The van der Waals surface area contributed by atoms with E-state index in [0.29, 0.717) is 19.4 Å². The Morgan fingerprint density at radius 3 is 2.29 bits per heavy atom. The number of amides is 3. The summed E-state index contributed by atoms with van der Waals surface area (Å²) < 4.78 is 10.3. The minimum atomic E-state index is -1.19. The first-order valence-electron chi connectivity index (χ1n) is 10.0. The third-order valence-corrected chi connectivity index (χ3v) is 3.82. The van der Waals surface area contributed by atoms with Gasteiger partial charge >= 0.3 is 18.2 Å². The molecule has 1 aromatic carbocycles. The van der Waals surface area contributed by atoms with Crippen molar-refractivity contribution in [1.82, 2.24) is 16.0 Å². The quantitative estimate of drug-likeness (QED) is 0.389. The number of aliphatic carboxylic acids is 1. The van der Waals surface area contributed by atoms with Crippen LogP contribution in [0.1, 0.15) is 45.6 Å². The van der Waals surface area contributed by atoms with Crippen molar-refractivity contribution < 1.29 is 33.8 Å². The van der Waals surface area contributed by atoms with Crippen LogP contribution in [0.5, 0.6) is 0 Å². The lowest BCUT2D eigenvalue weighted by atomic mass is 10.1.